The van der Waals surface area contributed by atoms with E-state index in [1.54, 1.807) is 6.26 Å². The van der Waals surface area contributed by atoms with Crippen molar-refractivity contribution in [3.05, 3.63) is 54.0 Å². The maximum absolute atomic E-state index is 5.78. The van der Waals surface area contributed by atoms with Gasteiger partial charge < -0.3 is 24.5 Å². The molecular weight excluding hydrogens is 493 g/mol. The van der Waals surface area contributed by atoms with Crippen molar-refractivity contribution in [1.29, 1.82) is 0 Å². The average molecular weight is 527 g/mol. The fraction of sp³-hybridized carbons (Fsp3) is 0.522. The maximum atomic E-state index is 5.78. The van der Waals surface area contributed by atoms with Gasteiger partial charge in [-0.25, -0.2) is 0 Å². The number of rotatable bonds is 10. The molecular formula is C23H34IN3O3. The summed E-state index contributed by atoms with van der Waals surface area (Å²) in [7, 11) is 0. The number of nitrogens with zero attached hydrogens (tertiary/aromatic N) is 1. The van der Waals surface area contributed by atoms with Crippen LogP contribution in [0.5, 0.6) is 5.75 Å². The largest absolute Gasteiger partial charge is 0.493 e. The lowest BCUT2D eigenvalue weighted by molar-refractivity contribution is 0.109. The van der Waals surface area contributed by atoms with Gasteiger partial charge in [-0.2, -0.15) is 0 Å². The minimum atomic E-state index is 0. The number of aliphatic imine (C=N–C) groups is 1. The first-order valence-corrected chi connectivity index (χ1v) is 10.6. The Labute approximate surface area is 196 Å². The highest BCUT2D eigenvalue weighted by atomic mass is 127. The van der Waals surface area contributed by atoms with E-state index in [0.29, 0.717) is 12.5 Å². The summed E-state index contributed by atoms with van der Waals surface area (Å²) >= 11 is 0. The number of ether oxygens (including phenoxy) is 2. The smallest absolute Gasteiger partial charge is 0.191 e. The molecule has 30 heavy (non-hydrogen) atoms. The first-order valence-electron chi connectivity index (χ1n) is 10.6. The average Bonchev–Trinajstić information content (AvgIpc) is 3.24. The van der Waals surface area contributed by atoms with Gasteiger partial charge in [-0.1, -0.05) is 32.0 Å². The zero-order chi connectivity index (χ0) is 20.3. The van der Waals surface area contributed by atoms with Crippen molar-refractivity contribution >= 4 is 29.9 Å². The maximum Gasteiger partial charge on any atom is 0.191 e. The molecule has 0 aliphatic carbocycles. The molecule has 1 aromatic heterocycles. The zero-order valence-corrected chi connectivity index (χ0v) is 20.3. The Morgan fingerprint density at radius 3 is 2.90 bits per heavy atom. The number of hydrogen-bond acceptors (Lipinski definition) is 4. The number of hydrogen-bond donors (Lipinski definition) is 2. The fourth-order valence-corrected chi connectivity index (χ4v) is 3.25. The lowest BCUT2D eigenvalue weighted by atomic mass is 10.0. The number of fused-ring (bicyclic) bond motifs is 1. The van der Waals surface area contributed by atoms with Gasteiger partial charge >= 0.3 is 0 Å². The summed E-state index contributed by atoms with van der Waals surface area (Å²) < 4.78 is 16.9. The van der Waals surface area contributed by atoms with E-state index in [1.807, 2.05) is 24.3 Å². The van der Waals surface area contributed by atoms with Gasteiger partial charge in [-0.3, -0.25) is 4.99 Å². The Kier molecular flexibility index (Phi) is 11.1. The SMILES string of the molecule is CC(C)COCCCN=C(NCCc1ccco1)NC1CCOc2ccccc21.I. The van der Waals surface area contributed by atoms with Gasteiger partial charge in [-0.15, -0.1) is 24.0 Å². The van der Waals surface area contributed by atoms with Crippen LogP contribution in [0.4, 0.5) is 0 Å². The van der Waals surface area contributed by atoms with Crippen LogP contribution in [0.25, 0.3) is 0 Å². The minimum absolute atomic E-state index is 0. The third-order valence-electron chi connectivity index (χ3n) is 4.68. The van der Waals surface area contributed by atoms with E-state index >= 15 is 0 Å². The molecule has 0 amide bonds. The van der Waals surface area contributed by atoms with Crippen LogP contribution in [-0.4, -0.2) is 38.9 Å². The third-order valence-corrected chi connectivity index (χ3v) is 4.68. The number of halogens is 1. The molecule has 2 aromatic rings. The second kappa shape index (κ2) is 13.5. The van der Waals surface area contributed by atoms with Crippen LogP contribution in [0.15, 0.2) is 52.1 Å². The van der Waals surface area contributed by atoms with Gasteiger partial charge in [0.15, 0.2) is 5.96 Å². The van der Waals surface area contributed by atoms with E-state index in [2.05, 4.69) is 36.6 Å². The molecule has 1 aliphatic heterocycles. The highest BCUT2D eigenvalue weighted by Crippen LogP contribution is 2.31. The van der Waals surface area contributed by atoms with Gasteiger partial charge in [0.2, 0.25) is 0 Å². The first-order chi connectivity index (χ1) is 14.2. The number of furan rings is 1. The summed E-state index contributed by atoms with van der Waals surface area (Å²) in [5.74, 6) is 3.30. The molecule has 1 aromatic carbocycles. The predicted molar refractivity (Wildman–Crippen MR) is 131 cm³/mol. The van der Waals surface area contributed by atoms with E-state index < -0.39 is 0 Å². The molecule has 0 radical (unpaired) electrons. The second-order valence-corrected chi connectivity index (χ2v) is 7.68. The summed E-state index contributed by atoms with van der Waals surface area (Å²) in [5, 5.41) is 7.03. The zero-order valence-electron chi connectivity index (χ0n) is 17.9. The molecule has 1 aliphatic rings. The van der Waals surface area contributed by atoms with E-state index in [4.69, 9.17) is 18.9 Å². The quantitative estimate of drug-likeness (QED) is 0.205. The molecule has 0 bridgehead atoms. The van der Waals surface area contributed by atoms with Crippen LogP contribution in [0.1, 0.15) is 44.1 Å². The topological polar surface area (TPSA) is 68.0 Å². The third kappa shape index (κ3) is 8.18. The number of guanidine groups is 1. The lowest BCUT2D eigenvalue weighted by Crippen LogP contribution is -2.42. The number of nitrogens with one attached hydrogen (secondary N) is 2. The van der Waals surface area contributed by atoms with E-state index in [9.17, 15) is 0 Å². The van der Waals surface area contributed by atoms with Gasteiger partial charge in [0.05, 0.1) is 18.9 Å². The van der Waals surface area contributed by atoms with Crippen molar-refractivity contribution < 1.29 is 13.9 Å². The van der Waals surface area contributed by atoms with Gasteiger partial charge in [0, 0.05) is 44.7 Å². The summed E-state index contributed by atoms with van der Waals surface area (Å²) in [6.07, 6.45) is 4.34. The molecule has 6 nitrogen and oxygen atoms in total. The van der Waals surface area contributed by atoms with Gasteiger partial charge in [0.25, 0.3) is 0 Å². The highest BCUT2D eigenvalue weighted by Gasteiger charge is 2.21. The number of para-hydroxylation sites is 1. The molecule has 0 saturated carbocycles. The monoisotopic (exact) mass is 527 g/mol. The summed E-state index contributed by atoms with van der Waals surface area (Å²) in [5.41, 5.74) is 1.18. The lowest BCUT2D eigenvalue weighted by Gasteiger charge is -2.28. The van der Waals surface area contributed by atoms with E-state index in [0.717, 1.165) is 63.0 Å². The van der Waals surface area contributed by atoms with Gasteiger partial charge in [-0.05, 0) is 30.5 Å². The van der Waals surface area contributed by atoms with E-state index in [-0.39, 0.29) is 30.0 Å². The fourth-order valence-electron chi connectivity index (χ4n) is 3.25. The van der Waals surface area contributed by atoms with Crippen molar-refractivity contribution in [2.24, 2.45) is 10.9 Å². The van der Waals surface area contributed by atoms with Gasteiger partial charge in [0.1, 0.15) is 11.5 Å². The van der Waals surface area contributed by atoms with Crippen LogP contribution in [0.2, 0.25) is 0 Å². The summed E-state index contributed by atoms with van der Waals surface area (Å²) in [6, 6.07) is 12.3. The molecule has 0 saturated heterocycles. The molecule has 1 unspecified atom stereocenters. The molecule has 3 rings (SSSR count). The molecule has 166 valence electrons. The van der Waals surface area contributed by atoms with Crippen LogP contribution < -0.4 is 15.4 Å². The Morgan fingerprint density at radius 1 is 1.23 bits per heavy atom. The minimum Gasteiger partial charge on any atom is -0.493 e. The molecule has 2 heterocycles. The molecule has 7 heteroatoms. The van der Waals surface area contributed by atoms with Crippen LogP contribution in [-0.2, 0) is 11.2 Å². The van der Waals surface area contributed by atoms with Crippen molar-refractivity contribution in [2.45, 2.75) is 39.2 Å². The van der Waals surface area contributed by atoms with E-state index in [1.165, 1.54) is 5.56 Å². The normalized spacial score (nSPS) is 15.8. The Hall–Kier alpha value is -1.74. The molecule has 0 fully saturated rings. The summed E-state index contributed by atoms with van der Waals surface area (Å²) in [6.45, 7) is 8.05. The Bertz CT molecular complexity index is 750. The summed E-state index contributed by atoms with van der Waals surface area (Å²) in [4.78, 5) is 4.77. The number of benzene rings is 1. The van der Waals surface area contributed by atoms with Crippen LogP contribution >= 0.6 is 24.0 Å². The molecule has 1 atom stereocenters. The predicted octanol–water partition coefficient (Wildman–Crippen LogP) is 4.56. The van der Waals surface area contributed by atoms with Crippen LogP contribution in [0.3, 0.4) is 0 Å². The first kappa shape index (κ1) is 24.5. The standard InChI is InChI=1S/C23H33N3O3.HI/c1-18(2)17-27-14-6-12-24-23(25-13-10-19-7-5-15-28-19)26-21-11-16-29-22-9-4-3-8-20(21)22;/h3-5,7-9,15,18,21H,6,10-14,16-17H2,1-2H3,(H2,24,25,26);1H. The van der Waals surface area contributed by atoms with Crippen molar-refractivity contribution in [2.75, 3.05) is 32.9 Å². The highest BCUT2D eigenvalue weighted by molar-refractivity contribution is 14.0. The second-order valence-electron chi connectivity index (χ2n) is 7.68. The van der Waals surface area contributed by atoms with Crippen molar-refractivity contribution in [1.82, 2.24) is 10.6 Å². The molecule has 0 spiro atoms. The Morgan fingerprint density at radius 2 is 2.10 bits per heavy atom. The van der Waals surface area contributed by atoms with Crippen molar-refractivity contribution in [3.8, 4) is 5.75 Å². The Balaban J connectivity index is 0.00000320. The van der Waals surface area contributed by atoms with Crippen molar-refractivity contribution in [3.63, 3.8) is 0 Å². The van der Waals surface area contributed by atoms with Crippen LogP contribution in [0, 0.1) is 5.92 Å². The molecule has 2 N–H and O–H groups in total.